The van der Waals surface area contributed by atoms with Gasteiger partial charge in [-0.2, -0.15) is 4.98 Å². The number of hydrogen-bond acceptors (Lipinski definition) is 4. The summed E-state index contributed by atoms with van der Waals surface area (Å²) < 4.78 is 0. The fourth-order valence-electron chi connectivity index (χ4n) is 3.33. The zero-order valence-electron chi connectivity index (χ0n) is 9.39. The Labute approximate surface area is 95.7 Å². The van der Waals surface area contributed by atoms with E-state index in [1.807, 2.05) is 6.07 Å². The highest BCUT2D eigenvalue weighted by molar-refractivity contribution is 5.37. The zero-order valence-corrected chi connectivity index (χ0v) is 9.39. The third kappa shape index (κ3) is 1.84. The monoisotopic (exact) mass is 218 g/mol. The highest BCUT2D eigenvalue weighted by Crippen LogP contribution is 2.48. The van der Waals surface area contributed by atoms with Gasteiger partial charge in [0.2, 0.25) is 5.95 Å². The summed E-state index contributed by atoms with van der Waals surface area (Å²) >= 11 is 0. The molecular weight excluding hydrogens is 200 g/mol. The third-order valence-corrected chi connectivity index (χ3v) is 4.10. The summed E-state index contributed by atoms with van der Waals surface area (Å²) in [7, 11) is 0. The molecule has 2 aliphatic rings. The molecule has 1 aromatic heterocycles. The predicted molar refractivity (Wildman–Crippen MR) is 63.9 cm³/mol. The minimum Gasteiger partial charge on any atom is -0.370 e. The van der Waals surface area contributed by atoms with Gasteiger partial charge in [-0.3, -0.25) is 0 Å². The van der Waals surface area contributed by atoms with E-state index in [4.69, 9.17) is 5.73 Å². The largest absolute Gasteiger partial charge is 0.370 e. The lowest BCUT2D eigenvalue weighted by Crippen LogP contribution is -2.20. The number of hydrogen-bond donors (Lipinski definition) is 2. The van der Waals surface area contributed by atoms with E-state index >= 15 is 0 Å². The van der Waals surface area contributed by atoms with Crippen LogP contribution in [0.4, 0.5) is 11.8 Å². The summed E-state index contributed by atoms with van der Waals surface area (Å²) in [5.41, 5.74) is 5.54. The highest BCUT2D eigenvalue weighted by Gasteiger charge is 2.38. The lowest BCUT2D eigenvalue weighted by Gasteiger charge is -2.21. The maximum Gasteiger partial charge on any atom is 0.221 e. The van der Waals surface area contributed by atoms with Crippen molar-refractivity contribution in [1.29, 1.82) is 0 Å². The van der Waals surface area contributed by atoms with Crippen LogP contribution in [0.15, 0.2) is 12.3 Å². The molecule has 2 saturated carbocycles. The molecule has 2 fully saturated rings. The van der Waals surface area contributed by atoms with Crippen molar-refractivity contribution in [3.63, 3.8) is 0 Å². The topological polar surface area (TPSA) is 63.8 Å². The molecule has 3 unspecified atom stereocenters. The van der Waals surface area contributed by atoms with Crippen molar-refractivity contribution < 1.29 is 0 Å². The van der Waals surface area contributed by atoms with Crippen molar-refractivity contribution in [2.24, 2.45) is 17.8 Å². The molecule has 0 aromatic carbocycles. The molecular formula is C12H18N4. The smallest absolute Gasteiger partial charge is 0.221 e. The first-order valence-corrected chi connectivity index (χ1v) is 6.13. The van der Waals surface area contributed by atoms with Gasteiger partial charge >= 0.3 is 0 Å². The molecule has 0 aliphatic heterocycles. The fraction of sp³-hybridized carbons (Fsp3) is 0.667. The van der Waals surface area contributed by atoms with Crippen LogP contribution in [0, 0.1) is 17.8 Å². The van der Waals surface area contributed by atoms with E-state index in [2.05, 4.69) is 15.3 Å². The second-order valence-electron chi connectivity index (χ2n) is 5.12. The van der Waals surface area contributed by atoms with Gasteiger partial charge in [0.25, 0.3) is 0 Å². The summed E-state index contributed by atoms with van der Waals surface area (Å²) in [6.07, 6.45) is 7.45. The van der Waals surface area contributed by atoms with Crippen LogP contribution < -0.4 is 11.1 Å². The quantitative estimate of drug-likeness (QED) is 0.813. The first-order valence-electron chi connectivity index (χ1n) is 6.13. The molecule has 4 nitrogen and oxygen atoms in total. The molecule has 3 rings (SSSR count). The number of nitrogens with two attached hydrogens (primary N) is 1. The van der Waals surface area contributed by atoms with Crippen LogP contribution in [0.5, 0.6) is 0 Å². The first kappa shape index (κ1) is 9.87. The van der Waals surface area contributed by atoms with Crippen LogP contribution in [0.2, 0.25) is 0 Å². The van der Waals surface area contributed by atoms with Crippen LogP contribution in [-0.2, 0) is 0 Å². The van der Waals surface area contributed by atoms with Crippen molar-refractivity contribution >= 4 is 11.8 Å². The maximum absolute atomic E-state index is 5.54. The first-order chi connectivity index (χ1) is 7.81. The van der Waals surface area contributed by atoms with Crippen molar-refractivity contribution in [3.8, 4) is 0 Å². The Hall–Kier alpha value is -1.32. The van der Waals surface area contributed by atoms with Gasteiger partial charge in [0.1, 0.15) is 5.82 Å². The molecule has 2 aliphatic carbocycles. The minimum atomic E-state index is 0.345. The molecule has 0 saturated heterocycles. The highest BCUT2D eigenvalue weighted by atomic mass is 15.1. The van der Waals surface area contributed by atoms with Gasteiger partial charge < -0.3 is 11.1 Å². The van der Waals surface area contributed by atoms with Gasteiger partial charge in [0.15, 0.2) is 0 Å². The van der Waals surface area contributed by atoms with E-state index in [0.29, 0.717) is 5.95 Å². The summed E-state index contributed by atoms with van der Waals surface area (Å²) in [4.78, 5) is 8.04. The predicted octanol–water partition coefficient (Wildman–Crippen LogP) is 1.91. The summed E-state index contributed by atoms with van der Waals surface area (Å²) in [5.74, 6) is 4.01. The summed E-state index contributed by atoms with van der Waals surface area (Å²) in [6.45, 7) is 1.04. The molecule has 3 N–H and O–H groups in total. The van der Waals surface area contributed by atoms with Crippen LogP contribution in [0.1, 0.15) is 25.7 Å². The Bertz CT molecular complexity index is 379. The average Bonchev–Trinajstić information content (AvgIpc) is 2.88. The van der Waals surface area contributed by atoms with E-state index in [9.17, 15) is 0 Å². The number of nitrogen functional groups attached to an aromatic ring is 1. The average molecular weight is 218 g/mol. The Morgan fingerprint density at radius 3 is 3.00 bits per heavy atom. The van der Waals surface area contributed by atoms with Gasteiger partial charge in [-0.1, -0.05) is 6.42 Å². The molecule has 0 radical (unpaired) electrons. The van der Waals surface area contributed by atoms with E-state index in [1.54, 1.807) is 6.20 Å². The maximum atomic E-state index is 5.54. The zero-order chi connectivity index (χ0) is 11.0. The van der Waals surface area contributed by atoms with Crippen molar-refractivity contribution in [3.05, 3.63) is 12.3 Å². The van der Waals surface area contributed by atoms with E-state index in [1.165, 1.54) is 25.7 Å². The number of aromatic nitrogens is 2. The molecule has 1 aromatic rings. The lowest BCUT2D eigenvalue weighted by molar-refractivity contribution is 0.348. The summed E-state index contributed by atoms with van der Waals surface area (Å²) in [5, 5.41) is 3.38. The van der Waals surface area contributed by atoms with Gasteiger partial charge in [-0.15, -0.1) is 0 Å². The number of rotatable bonds is 3. The molecule has 16 heavy (non-hydrogen) atoms. The molecule has 0 amide bonds. The van der Waals surface area contributed by atoms with Crippen LogP contribution in [-0.4, -0.2) is 16.5 Å². The number of anilines is 2. The van der Waals surface area contributed by atoms with Gasteiger partial charge in [-0.05, 0) is 43.1 Å². The molecule has 3 atom stereocenters. The molecule has 86 valence electrons. The fourth-order valence-corrected chi connectivity index (χ4v) is 3.33. The second kappa shape index (κ2) is 3.92. The van der Waals surface area contributed by atoms with E-state index in [0.717, 1.165) is 30.1 Å². The number of nitrogens with one attached hydrogen (secondary N) is 1. The Kier molecular flexibility index (Phi) is 2.42. The number of nitrogens with zero attached hydrogens (tertiary/aromatic N) is 2. The molecule has 0 spiro atoms. The molecule has 4 heteroatoms. The Morgan fingerprint density at radius 2 is 2.31 bits per heavy atom. The Morgan fingerprint density at radius 1 is 1.38 bits per heavy atom. The van der Waals surface area contributed by atoms with E-state index in [-0.39, 0.29) is 0 Å². The van der Waals surface area contributed by atoms with Crippen molar-refractivity contribution in [2.75, 3.05) is 17.6 Å². The third-order valence-electron chi connectivity index (χ3n) is 4.10. The van der Waals surface area contributed by atoms with Gasteiger partial charge in [0.05, 0.1) is 0 Å². The molecule has 1 heterocycles. The SMILES string of the molecule is Nc1nccc(NCC2CC3CCC2C3)n1. The van der Waals surface area contributed by atoms with Gasteiger partial charge in [-0.25, -0.2) is 4.98 Å². The number of fused-ring (bicyclic) bond motifs is 2. The lowest BCUT2D eigenvalue weighted by atomic mass is 9.89. The minimum absolute atomic E-state index is 0.345. The van der Waals surface area contributed by atoms with Crippen LogP contribution in [0.3, 0.4) is 0 Å². The van der Waals surface area contributed by atoms with Gasteiger partial charge in [0, 0.05) is 12.7 Å². The van der Waals surface area contributed by atoms with E-state index < -0.39 is 0 Å². The second-order valence-corrected chi connectivity index (χ2v) is 5.12. The van der Waals surface area contributed by atoms with Crippen molar-refractivity contribution in [1.82, 2.24) is 9.97 Å². The van der Waals surface area contributed by atoms with Crippen molar-refractivity contribution in [2.45, 2.75) is 25.7 Å². The summed E-state index contributed by atoms with van der Waals surface area (Å²) in [6, 6.07) is 1.88. The normalized spacial score (nSPS) is 31.9. The van der Waals surface area contributed by atoms with Crippen LogP contribution in [0.25, 0.3) is 0 Å². The van der Waals surface area contributed by atoms with Crippen LogP contribution >= 0.6 is 0 Å². The standard InChI is InChI=1S/C12H18N4/c13-12-14-4-3-11(16-12)15-7-10-6-8-1-2-9(10)5-8/h3-4,8-10H,1-2,5-7H2,(H3,13,14,15,16). The molecule has 2 bridgehead atoms. The Balaban J connectivity index is 1.57.